The Hall–Kier alpha value is -2.34. The van der Waals surface area contributed by atoms with E-state index in [1.54, 1.807) is 31.2 Å². The van der Waals surface area contributed by atoms with Crippen LogP contribution in [-0.4, -0.2) is 17.9 Å². The summed E-state index contributed by atoms with van der Waals surface area (Å²) in [4.78, 5) is 24.0. The summed E-state index contributed by atoms with van der Waals surface area (Å²) in [5, 5.41) is 0. The van der Waals surface area contributed by atoms with Gasteiger partial charge in [-0.2, -0.15) is 0 Å². The Kier molecular flexibility index (Phi) is 5.76. The Morgan fingerprint density at radius 1 is 1.04 bits per heavy atom. The molecule has 120 valence electrons. The molecule has 0 spiro atoms. The van der Waals surface area contributed by atoms with Gasteiger partial charge in [-0.1, -0.05) is 34.1 Å². The van der Waals surface area contributed by atoms with E-state index in [-0.39, 0.29) is 5.91 Å². The van der Waals surface area contributed by atoms with E-state index in [2.05, 4.69) is 26.8 Å². The molecule has 2 N–H and O–H groups in total. The highest BCUT2D eigenvalue weighted by molar-refractivity contribution is 9.10. The van der Waals surface area contributed by atoms with Gasteiger partial charge in [-0.05, 0) is 49.7 Å². The minimum atomic E-state index is -0.742. The van der Waals surface area contributed by atoms with Crippen LogP contribution < -0.4 is 15.6 Å². The van der Waals surface area contributed by atoms with Gasteiger partial charge in [0.15, 0.2) is 6.10 Å². The minimum Gasteiger partial charge on any atom is -0.481 e. The molecule has 0 saturated heterocycles. The molecule has 0 unspecified atom stereocenters. The highest BCUT2D eigenvalue weighted by Crippen LogP contribution is 2.17. The molecule has 2 aromatic carbocycles. The fourth-order valence-corrected chi connectivity index (χ4v) is 2.15. The number of ether oxygens (including phenoxy) is 1. The Bertz CT molecular complexity index is 701. The number of hydrogen-bond donors (Lipinski definition) is 2. The maximum atomic E-state index is 12.0. The van der Waals surface area contributed by atoms with Crippen LogP contribution >= 0.6 is 15.9 Å². The van der Waals surface area contributed by atoms with Crippen molar-refractivity contribution < 1.29 is 14.3 Å². The van der Waals surface area contributed by atoms with E-state index < -0.39 is 12.0 Å². The van der Waals surface area contributed by atoms with Gasteiger partial charge in [-0.25, -0.2) is 0 Å². The normalized spacial score (nSPS) is 11.4. The third-order valence-electron chi connectivity index (χ3n) is 3.18. The number of carbonyl (C=O) groups excluding carboxylic acids is 2. The van der Waals surface area contributed by atoms with E-state index in [4.69, 9.17) is 4.74 Å². The van der Waals surface area contributed by atoms with Crippen LogP contribution in [0.4, 0.5) is 0 Å². The first-order valence-corrected chi connectivity index (χ1v) is 7.84. The standard InChI is InChI=1S/C17H17BrN2O3/c1-11-5-3-4-6-15(11)17(22)20-19-16(21)12(2)23-14-9-7-13(18)8-10-14/h3-10,12H,1-2H3,(H,19,21)(H,20,22)/t12-/m0/s1. The molecule has 0 aliphatic heterocycles. The molecule has 0 aliphatic carbocycles. The van der Waals surface area contributed by atoms with Crippen LogP contribution in [0.3, 0.4) is 0 Å². The van der Waals surface area contributed by atoms with Gasteiger partial charge in [-0.15, -0.1) is 0 Å². The molecule has 6 heteroatoms. The largest absolute Gasteiger partial charge is 0.481 e. The highest BCUT2D eigenvalue weighted by atomic mass is 79.9. The van der Waals surface area contributed by atoms with Gasteiger partial charge in [0, 0.05) is 10.0 Å². The average molecular weight is 377 g/mol. The summed E-state index contributed by atoms with van der Waals surface area (Å²) >= 11 is 3.33. The SMILES string of the molecule is Cc1ccccc1C(=O)NNC(=O)[C@H](C)Oc1ccc(Br)cc1. The molecule has 0 radical (unpaired) electrons. The fourth-order valence-electron chi connectivity index (χ4n) is 1.89. The summed E-state index contributed by atoms with van der Waals surface area (Å²) in [7, 11) is 0. The second kappa shape index (κ2) is 7.78. The Morgan fingerprint density at radius 2 is 1.70 bits per heavy atom. The van der Waals surface area contributed by atoms with Crippen molar-refractivity contribution >= 4 is 27.7 Å². The number of amides is 2. The van der Waals surface area contributed by atoms with Gasteiger partial charge in [0.05, 0.1) is 0 Å². The summed E-state index contributed by atoms with van der Waals surface area (Å²) in [6.45, 7) is 3.44. The van der Waals surface area contributed by atoms with Gasteiger partial charge in [0.1, 0.15) is 5.75 Å². The number of benzene rings is 2. The molecule has 23 heavy (non-hydrogen) atoms. The number of hydrogen-bond acceptors (Lipinski definition) is 3. The summed E-state index contributed by atoms with van der Waals surface area (Å²) in [6.07, 6.45) is -0.742. The third-order valence-corrected chi connectivity index (χ3v) is 3.71. The highest BCUT2D eigenvalue weighted by Gasteiger charge is 2.16. The minimum absolute atomic E-state index is 0.368. The van der Waals surface area contributed by atoms with Gasteiger partial charge in [0.25, 0.3) is 11.8 Å². The summed E-state index contributed by atoms with van der Waals surface area (Å²) in [5.74, 6) is -0.233. The second-order valence-corrected chi connectivity index (χ2v) is 5.89. The van der Waals surface area contributed by atoms with Crippen molar-refractivity contribution in [3.05, 3.63) is 64.1 Å². The number of nitrogens with one attached hydrogen (secondary N) is 2. The first-order valence-electron chi connectivity index (χ1n) is 7.05. The van der Waals surface area contributed by atoms with Crippen molar-refractivity contribution in [3.63, 3.8) is 0 Å². The fraction of sp³-hybridized carbons (Fsp3) is 0.176. The summed E-state index contributed by atoms with van der Waals surface area (Å²) < 4.78 is 6.43. The Balaban J connectivity index is 1.87. The van der Waals surface area contributed by atoms with Crippen LogP contribution in [0.1, 0.15) is 22.8 Å². The zero-order valence-corrected chi connectivity index (χ0v) is 14.4. The molecule has 2 amide bonds. The Labute approximate surface area is 143 Å². The molecule has 2 aromatic rings. The van der Waals surface area contributed by atoms with Crippen LogP contribution in [-0.2, 0) is 4.79 Å². The molecule has 0 aliphatic rings. The van der Waals surface area contributed by atoms with Gasteiger partial charge >= 0.3 is 0 Å². The third kappa shape index (κ3) is 4.82. The monoisotopic (exact) mass is 376 g/mol. The molecule has 0 bridgehead atoms. The van der Waals surface area contributed by atoms with Crippen LogP contribution in [0.25, 0.3) is 0 Å². The lowest BCUT2D eigenvalue weighted by Crippen LogP contribution is -2.47. The molecule has 0 aromatic heterocycles. The van der Waals surface area contributed by atoms with Crippen LogP contribution in [0.5, 0.6) is 5.75 Å². The number of hydrazine groups is 1. The first-order chi connectivity index (χ1) is 11.0. The zero-order chi connectivity index (χ0) is 16.8. The van der Waals surface area contributed by atoms with Crippen molar-refractivity contribution in [2.24, 2.45) is 0 Å². The molecule has 0 heterocycles. The van der Waals surface area contributed by atoms with E-state index in [1.807, 2.05) is 31.2 Å². The molecule has 2 rings (SSSR count). The quantitative estimate of drug-likeness (QED) is 0.806. The van der Waals surface area contributed by atoms with Crippen molar-refractivity contribution in [2.45, 2.75) is 20.0 Å². The lowest BCUT2D eigenvalue weighted by atomic mass is 10.1. The molecule has 0 fully saturated rings. The van der Waals surface area contributed by atoms with Gasteiger partial charge in [0.2, 0.25) is 0 Å². The Morgan fingerprint density at radius 3 is 2.35 bits per heavy atom. The number of halogens is 1. The van der Waals surface area contributed by atoms with Crippen molar-refractivity contribution in [1.29, 1.82) is 0 Å². The summed E-state index contributed by atoms with van der Waals surface area (Å²) in [5.41, 5.74) is 6.10. The van der Waals surface area contributed by atoms with Gasteiger partial charge in [-0.3, -0.25) is 20.4 Å². The first kappa shape index (κ1) is 17.0. The summed E-state index contributed by atoms with van der Waals surface area (Å²) in [6, 6.07) is 14.3. The van der Waals surface area contributed by atoms with Crippen molar-refractivity contribution in [2.75, 3.05) is 0 Å². The van der Waals surface area contributed by atoms with Crippen molar-refractivity contribution in [1.82, 2.24) is 10.9 Å². The maximum Gasteiger partial charge on any atom is 0.279 e. The zero-order valence-electron chi connectivity index (χ0n) is 12.8. The average Bonchev–Trinajstić information content (AvgIpc) is 2.54. The van der Waals surface area contributed by atoms with E-state index in [0.29, 0.717) is 11.3 Å². The lowest BCUT2D eigenvalue weighted by Gasteiger charge is -2.15. The maximum absolute atomic E-state index is 12.0. The van der Waals surface area contributed by atoms with E-state index in [0.717, 1.165) is 10.0 Å². The predicted octanol–water partition coefficient (Wildman–Crippen LogP) is 2.99. The van der Waals surface area contributed by atoms with E-state index >= 15 is 0 Å². The number of rotatable bonds is 4. The molecule has 1 atom stereocenters. The predicted molar refractivity (Wildman–Crippen MR) is 91.0 cm³/mol. The van der Waals surface area contributed by atoms with E-state index in [9.17, 15) is 9.59 Å². The van der Waals surface area contributed by atoms with E-state index in [1.165, 1.54) is 0 Å². The number of aryl methyl sites for hydroxylation is 1. The van der Waals surface area contributed by atoms with Crippen molar-refractivity contribution in [3.8, 4) is 5.75 Å². The van der Waals surface area contributed by atoms with Crippen LogP contribution in [0.2, 0.25) is 0 Å². The lowest BCUT2D eigenvalue weighted by molar-refractivity contribution is -0.128. The smallest absolute Gasteiger partial charge is 0.279 e. The second-order valence-electron chi connectivity index (χ2n) is 4.97. The number of carbonyl (C=O) groups is 2. The molecule has 0 saturated carbocycles. The van der Waals surface area contributed by atoms with Crippen LogP contribution in [0.15, 0.2) is 53.0 Å². The van der Waals surface area contributed by atoms with Crippen LogP contribution in [0, 0.1) is 6.92 Å². The topological polar surface area (TPSA) is 67.4 Å². The molecular weight excluding hydrogens is 360 g/mol. The van der Waals surface area contributed by atoms with Gasteiger partial charge < -0.3 is 4.74 Å². The molecule has 5 nitrogen and oxygen atoms in total. The molecular formula is C17H17BrN2O3.